The second-order valence-corrected chi connectivity index (χ2v) is 4.56. The molecule has 0 atom stereocenters. The monoisotopic (exact) mass is 272 g/mol. The highest BCUT2D eigenvalue weighted by atomic mass is 35.5. The lowest BCUT2D eigenvalue weighted by molar-refractivity contribution is -0.0845. The fourth-order valence-electron chi connectivity index (χ4n) is 0.748. The maximum atomic E-state index is 12.1. The summed E-state index contributed by atoms with van der Waals surface area (Å²) in [5, 5.41) is -1.29. The van der Waals surface area contributed by atoms with E-state index in [1.54, 1.807) is 30.3 Å². The van der Waals surface area contributed by atoms with Crippen LogP contribution in [0.2, 0.25) is 0 Å². The van der Waals surface area contributed by atoms with Gasteiger partial charge in [0.15, 0.2) is 0 Å². The fraction of sp³-hybridized carbons (Fsp3) is 0.111. The molecule has 0 aliphatic carbocycles. The Labute approximate surface area is 99.1 Å². The molecular formula is C9H5Cl2F3S. The van der Waals surface area contributed by atoms with Crippen molar-refractivity contribution in [3.05, 3.63) is 39.7 Å². The lowest BCUT2D eigenvalue weighted by Crippen LogP contribution is -2.07. The minimum Gasteiger partial charge on any atom is -0.165 e. The van der Waals surface area contributed by atoms with Gasteiger partial charge in [-0.3, -0.25) is 0 Å². The van der Waals surface area contributed by atoms with Gasteiger partial charge < -0.3 is 0 Å². The summed E-state index contributed by atoms with van der Waals surface area (Å²) in [5.41, 5.74) is 0. The molecule has 0 aliphatic heterocycles. The summed E-state index contributed by atoms with van der Waals surface area (Å²) in [6.45, 7) is 0. The molecule has 0 heterocycles. The van der Waals surface area contributed by atoms with Gasteiger partial charge in [0, 0.05) is 4.90 Å². The molecule has 0 bridgehead atoms. The molecule has 0 radical (unpaired) electrons. The van der Waals surface area contributed by atoms with Crippen LogP contribution in [0.25, 0.3) is 0 Å². The number of hydrogen-bond acceptors (Lipinski definition) is 1. The topological polar surface area (TPSA) is 0 Å². The van der Waals surface area contributed by atoms with E-state index in [-0.39, 0.29) is 0 Å². The number of halogens is 5. The summed E-state index contributed by atoms with van der Waals surface area (Å²) in [6, 6.07) is 8.45. The molecule has 0 amide bonds. The first-order valence-electron chi connectivity index (χ1n) is 3.76. The van der Waals surface area contributed by atoms with Crippen molar-refractivity contribution in [3.63, 3.8) is 0 Å². The van der Waals surface area contributed by atoms with Gasteiger partial charge in [-0.15, -0.1) is 0 Å². The van der Waals surface area contributed by atoms with Gasteiger partial charge in [-0.2, -0.15) is 13.2 Å². The van der Waals surface area contributed by atoms with E-state index in [1.807, 2.05) is 0 Å². The first kappa shape index (κ1) is 12.7. The summed E-state index contributed by atoms with van der Waals surface area (Å²) in [4.78, 5) is 0.602. The largest absolute Gasteiger partial charge is 0.428 e. The number of rotatable bonds is 2. The average molecular weight is 273 g/mol. The Hall–Kier alpha value is -0.320. The normalized spacial score (nSPS) is 13.7. The third kappa shape index (κ3) is 3.97. The highest BCUT2D eigenvalue weighted by Gasteiger charge is 2.35. The van der Waals surface area contributed by atoms with E-state index in [9.17, 15) is 13.2 Å². The van der Waals surface area contributed by atoms with E-state index in [0.29, 0.717) is 4.90 Å². The summed E-state index contributed by atoms with van der Waals surface area (Å²) < 4.78 is 35.9. The lowest BCUT2D eigenvalue weighted by Gasteiger charge is -2.07. The van der Waals surface area contributed by atoms with Crippen molar-refractivity contribution >= 4 is 35.0 Å². The van der Waals surface area contributed by atoms with Crippen molar-refractivity contribution in [2.75, 3.05) is 0 Å². The molecular weight excluding hydrogens is 268 g/mol. The van der Waals surface area contributed by atoms with Crippen molar-refractivity contribution < 1.29 is 13.2 Å². The van der Waals surface area contributed by atoms with E-state index >= 15 is 0 Å². The summed E-state index contributed by atoms with van der Waals surface area (Å²) in [5.74, 6) is 0. The van der Waals surface area contributed by atoms with Crippen molar-refractivity contribution in [1.29, 1.82) is 0 Å². The SMILES string of the molecule is FC(F)(F)C(Cl)=C(Cl)Sc1ccccc1. The molecule has 0 saturated carbocycles. The minimum absolute atomic E-state index is 0.477. The molecule has 0 saturated heterocycles. The second-order valence-electron chi connectivity index (χ2n) is 2.50. The Morgan fingerprint density at radius 2 is 1.60 bits per heavy atom. The van der Waals surface area contributed by atoms with Crippen LogP contribution in [-0.2, 0) is 0 Å². The second kappa shape index (κ2) is 5.14. The van der Waals surface area contributed by atoms with Gasteiger partial charge in [0.2, 0.25) is 0 Å². The van der Waals surface area contributed by atoms with E-state index in [1.165, 1.54) is 0 Å². The van der Waals surface area contributed by atoms with Crippen molar-refractivity contribution in [2.45, 2.75) is 11.1 Å². The minimum atomic E-state index is -4.60. The Bertz CT molecular complexity index is 359. The molecule has 0 aromatic heterocycles. The summed E-state index contributed by atoms with van der Waals surface area (Å²) in [6.07, 6.45) is -4.60. The van der Waals surface area contributed by atoms with Gasteiger partial charge in [-0.05, 0) is 12.1 Å². The third-order valence-electron chi connectivity index (χ3n) is 1.37. The van der Waals surface area contributed by atoms with Crippen LogP contribution in [0.4, 0.5) is 13.2 Å². The molecule has 1 aromatic carbocycles. The number of allylic oxidation sites excluding steroid dienone is 1. The van der Waals surface area contributed by atoms with Crippen molar-refractivity contribution in [3.8, 4) is 0 Å². The molecule has 0 spiro atoms. The Morgan fingerprint density at radius 3 is 2.07 bits per heavy atom. The average Bonchev–Trinajstić information content (AvgIpc) is 2.16. The number of benzene rings is 1. The zero-order valence-electron chi connectivity index (χ0n) is 7.18. The van der Waals surface area contributed by atoms with Gasteiger partial charge in [-0.25, -0.2) is 0 Å². The van der Waals surface area contributed by atoms with Crippen LogP contribution in [0.15, 0.2) is 44.6 Å². The van der Waals surface area contributed by atoms with Crippen molar-refractivity contribution in [2.24, 2.45) is 0 Å². The zero-order chi connectivity index (χ0) is 11.5. The smallest absolute Gasteiger partial charge is 0.165 e. The van der Waals surface area contributed by atoms with Crippen LogP contribution < -0.4 is 0 Å². The van der Waals surface area contributed by atoms with Crippen LogP contribution in [0, 0.1) is 0 Å². The highest BCUT2D eigenvalue weighted by Crippen LogP contribution is 2.40. The molecule has 0 nitrogen and oxygen atoms in total. The standard InChI is InChI=1S/C9H5Cl2F3S/c10-7(9(12,13)14)8(11)15-6-4-2-1-3-5-6/h1-5H. The van der Waals surface area contributed by atoms with Crippen LogP contribution in [0.3, 0.4) is 0 Å². The third-order valence-corrected chi connectivity index (χ3v) is 3.30. The van der Waals surface area contributed by atoms with E-state index < -0.39 is 15.6 Å². The zero-order valence-corrected chi connectivity index (χ0v) is 9.51. The molecule has 15 heavy (non-hydrogen) atoms. The van der Waals surface area contributed by atoms with Gasteiger partial charge in [-0.1, -0.05) is 53.2 Å². The maximum absolute atomic E-state index is 12.1. The van der Waals surface area contributed by atoms with E-state index in [0.717, 1.165) is 11.8 Å². The van der Waals surface area contributed by atoms with Crippen LogP contribution in [0.5, 0.6) is 0 Å². The Balaban J connectivity index is 2.84. The Morgan fingerprint density at radius 1 is 1.07 bits per heavy atom. The Kier molecular flexibility index (Phi) is 4.37. The summed E-state index contributed by atoms with van der Waals surface area (Å²) >= 11 is 11.3. The number of hydrogen-bond donors (Lipinski definition) is 0. The molecule has 0 fully saturated rings. The van der Waals surface area contributed by atoms with E-state index in [2.05, 4.69) is 0 Å². The van der Waals surface area contributed by atoms with Gasteiger partial charge >= 0.3 is 6.18 Å². The van der Waals surface area contributed by atoms with Crippen molar-refractivity contribution in [1.82, 2.24) is 0 Å². The number of thioether (sulfide) groups is 1. The molecule has 0 unspecified atom stereocenters. The van der Waals surface area contributed by atoms with Gasteiger partial charge in [0.1, 0.15) is 9.40 Å². The van der Waals surface area contributed by atoms with Crippen LogP contribution >= 0.6 is 35.0 Å². The molecule has 0 N–H and O–H groups in total. The molecule has 1 aromatic rings. The molecule has 82 valence electrons. The quantitative estimate of drug-likeness (QED) is 0.684. The van der Waals surface area contributed by atoms with Crippen LogP contribution in [0.1, 0.15) is 0 Å². The molecule has 1 rings (SSSR count). The molecule has 0 aliphatic rings. The van der Waals surface area contributed by atoms with Crippen LogP contribution in [-0.4, -0.2) is 6.18 Å². The van der Waals surface area contributed by atoms with Gasteiger partial charge in [0.05, 0.1) is 0 Å². The first-order valence-corrected chi connectivity index (χ1v) is 5.34. The fourth-order valence-corrected chi connectivity index (χ4v) is 1.94. The maximum Gasteiger partial charge on any atom is 0.428 e. The van der Waals surface area contributed by atoms with E-state index in [4.69, 9.17) is 23.2 Å². The predicted octanol–water partition coefficient (Wildman–Crippen LogP) is 4.99. The predicted molar refractivity (Wildman–Crippen MR) is 57.1 cm³/mol. The number of alkyl halides is 3. The highest BCUT2D eigenvalue weighted by molar-refractivity contribution is 8.04. The lowest BCUT2D eigenvalue weighted by atomic mass is 10.4. The summed E-state index contributed by atoms with van der Waals surface area (Å²) in [7, 11) is 0. The van der Waals surface area contributed by atoms with Gasteiger partial charge in [0.25, 0.3) is 0 Å². The first-order chi connectivity index (χ1) is 6.91. The molecule has 6 heteroatoms.